The van der Waals surface area contributed by atoms with Gasteiger partial charge in [0.2, 0.25) is 21.8 Å². The quantitative estimate of drug-likeness (QED) is 0.482. The van der Waals surface area contributed by atoms with Crippen LogP contribution >= 0.6 is 0 Å². The average molecular weight is 420 g/mol. The molecule has 2 aromatic carbocycles. The van der Waals surface area contributed by atoms with Crippen LogP contribution in [0.3, 0.4) is 0 Å². The first-order valence-corrected chi connectivity index (χ1v) is 10.7. The van der Waals surface area contributed by atoms with E-state index in [9.17, 15) is 18.0 Å². The zero-order chi connectivity index (χ0) is 21.1. The van der Waals surface area contributed by atoms with Crippen LogP contribution in [-0.2, 0) is 19.6 Å². The van der Waals surface area contributed by atoms with Crippen LogP contribution in [0.4, 0.5) is 5.69 Å². The molecule has 0 aliphatic heterocycles. The molecule has 8 nitrogen and oxygen atoms in total. The minimum absolute atomic E-state index is 0.0715. The highest BCUT2D eigenvalue weighted by Gasteiger charge is 2.13. The Kier molecular flexibility index (Phi) is 8.63. The van der Waals surface area contributed by atoms with Crippen LogP contribution in [0.5, 0.6) is 5.75 Å². The molecule has 0 spiro atoms. The number of hydrogen-bond donors (Lipinski definition) is 3. The molecule has 29 heavy (non-hydrogen) atoms. The molecule has 0 fully saturated rings. The van der Waals surface area contributed by atoms with E-state index >= 15 is 0 Å². The number of sulfonamides is 1. The predicted molar refractivity (Wildman–Crippen MR) is 110 cm³/mol. The summed E-state index contributed by atoms with van der Waals surface area (Å²) in [6.07, 6.45) is 0.858. The smallest absolute Gasteiger partial charge is 0.240 e. The molecular formula is C20H25N3O5S. The summed E-state index contributed by atoms with van der Waals surface area (Å²) in [4.78, 5) is 22.9. The maximum atomic E-state index is 12.2. The Balaban J connectivity index is 1.64. The van der Waals surface area contributed by atoms with Crippen molar-refractivity contribution >= 4 is 27.5 Å². The van der Waals surface area contributed by atoms with Gasteiger partial charge in [0, 0.05) is 32.1 Å². The van der Waals surface area contributed by atoms with Gasteiger partial charge in [-0.25, -0.2) is 13.1 Å². The molecular weight excluding hydrogens is 394 g/mol. The highest BCUT2D eigenvalue weighted by atomic mass is 32.2. The summed E-state index contributed by atoms with van der Waals surface area (Å²) < 4.78 is 32.4. The minimum atomic E-state index is -3.69. The minimum Gasteiger partial charge on any atom is -0.494 e. The van der Waals surface area contributed by atoms with Gasteiger partial charge in [0.15, 0.2) is 0 Å². The third kappa shape index (κ3) is 8.32. The third-order valence-electron chi connectivity index (χ3n) is 3.78. The fourth-order valence-corrected chi connectivity index (χ4v) is 3.45. The van der Waals surface area contributed by atoms with Crippen molar-refractivity contribution in [2.75, 3.05) is 25.0 Å². The Labute approximate surface area is 170 Å². The maximum Gasteiger partial charge on any atom is 0.240 e. The molecule has 0 heterocycles. The normalized spacial score (nSPS) is 10.9. The molecule has 0 saturated carbocycles. The van der Waals surface area contributed by atoms with Gasteiger partial charge in [-0.15, -0.1) is 0 Å². The van der Waals surface area contributed by atoms with Gasteiger partial charge in [0.05, 0.1) is 11.5 Å². The second kappa shape index (κ2) is 11.2. The van der Waals surface area contributed by atoms with Crippen LogP contribution in [0.25, 0.3) is 0 Å². The van der Waals surface area contributed by atoms with Gasteiger partial charge < -0.3 is 15.4 Å². The average Bonchev–Trinajstić information content (AvgIpc) is 2.69. The molecule has 0 aliphatic rings. The number of para-hydroxylation sites is 1. The van der Waals surface area contributed by atoms with Gasteiger partial charge >= 0.3 is 0 Å². The number of amides is 2. The van der Waals surface area contributed by atoms with E-state index in [0.717, 1.165) is 5.75 Å². The Morgan fingerprint density at radius 2 is 1.66 bits per heavy atom. The Morgan fingerprint density at radius 3 is 2.31 bits per heavy atom. The summed E-state index contributed by atoms with van der Waals surface area (Å²) in [5.41, 5.74) is 0.514. The molecule has 3 N–H and O–H groups in total. The second-order valence-corrected chi connectivity index (χ2v) is 7.99. The van der Waals surface area contributed by atoms with E-state index in [1.807, 2.05) is 30.3 Å². The lowest BCUT2D eigenvalue weighted by atomic mass is 10.3. The largest absolute Gasteiger partial charge is 0.494 e. The molecule has 9 heteroatoms. The second-order valence-electron chi connectivity index (χ2n) is 6.22. The highest BCUT2D eigenvalue weighted by molar-refractivity contribution is 7.89. The lowest BCUT2D eigenvalue weighted by Gasteiger charge is -2.09. The summed E-state index contributed by atoms with van der Waals surface area (Å²) in [5.74, 6) is 0.356. The van der Waals surface area contributed by atoms with Crippen molar-refractivity contribution in [1.82, 2.24) is 10.0 Å². The van der Waals surface area contributed by atoms with E-state index in [1.165, 1.54) is 31.2 Å². The summed E-state index contributed by atoms with van der Waals surface area (Å²) in [6.45, 7) is 2.05. The molecule has 0 aromatic heterocycles. The van der Waals surface area contributed by atoms with E-state index in [1.54, 1.807) is 0 Å². The number of benzene rings is 2. The topological polar surface area (TPSA) is 114 Å². The molecule has 0 saturated heterocycles. The van der Waals surface area contributed by atoms with Crippen LogP contribution in [-0.4, -0.2) is 39.9 Å². The van der Waals surface area contributed by atoms with Crippen LogP contribution < -0.4 is 20.1 Å². The van der Waals surface area contributed by atoms with E-state index in [4.69, 9.17) is 4.74 Å². The lowest BCUT2D eigenvalue weighted by Crippen LogP contribution is -2.34. The van der Waals surface area contributed by atoms with Crippen molar-refractivity contribution in [2.45, 2.75) is 24.7 Å². The van der Waals surface area contributed by atoms with Crippen LogP contribution in [0.1, 0.15) is 19.8 Å². The number of rotatable bonds is 11. The van der Waals surface area contributed by atoms with Gasteiger partial charge in [0.25, 0.3) is 0 Å². The van der Waals surface area contributed by atoms with Crippen molar-refractivity contribution in [3.05, 3.63) is 54.6 Å². The van der Waals surface area contributed by atoms with Gasteiger partial charge in [-0.05, 0) is 42.8 Å². The number of hydrogen-bond acceptors (Lipinski definition) is 5. The number of carbonyl (C=O) groups excluding carboxylic acids is 2. The van der Waals surface area contributed by atoms with E-state index < -0.39 is 10.0 Å². The fraction of sp³-hybridized carbons (Fsp3) is 0.300. The van der Waals surface area contributed by atoms with E-state index in [2.05, 4.69) is 15.4 Å². The van der Waals surface area contributed by atoms with Crippen molar-refractivity contribution < 1.29 is 22.7 Å². The van der Waals surface area contributed by atoms with Crippen molar-refractivity contribution in [1.29, 1.82) is 0 Å². The molecule has 2 aromatic rings. The first kappa shape index (κ1) is 22.4. The first-order chi connectivity index (χ1) is 13.9. The summed E-state index contributed by atoms with van der Waals surface area (Å²) >= 11 is 0. The fourth-order valence-electron chi connectivity index (χ4n) is 2.42. The van der Waals surface area contributed by atoms with Crippen molar-refractivity contribution in [3.8, 4) is 5.75 Å². The molecule has 0 bridgehead atoms. The molecule has 156 valence electrons. The van der Waals surface area contributed by atoms with Gasteiger partial charge in [-0.1, -0.05) is 18.2 Å². The van der Waals surface area contributed by atoms with Gasteiger partial charge in [0.1, 0.15) is 5.75 Å². The number of carbonyl (C=O) groups is 2. The van der Waals surface area contributed by atoms with Crippen molar-refractivity contribution in [2.24, 2.45) is 0 Å². The SMILES string of the molecule is CC(=O)Nc1ccc(S(=O)(=O)NCCNC(=O)CCCOc2ccccc2)cc1. The molecule has 0 aliphatic carbocycles. The maximum absolute atomic E-state index is 12.2. The molecule has 2 rings (SSSR count). The van der Waals surface area contributed by atoms with Crippen LogP contribution in [0.2, 0.25) is 0 Å². The third-order valence-corrected chi connectivity index (χ3v) is 5.26. The van der Waals surface area contributed by atoms with Crippen LogP contribution in [0, 0.1) is 0 Å². The Hall–Kier alpha value is -2.91. The number of nitrogens with one attached hydrogen (secondary N) is 3. The van der Waals surface area contributed by atoms with E-state index in [-0.39, 0.29) is 29.8 Å². The molecule has 0 unspecified atom stereocenters. The Bertz CT molecular complexity index is 899. The zero-order valence-electron chi connectivity index (χ0n) is 16.2. The highest BCUT2D eigenvalue weighted by Crippen LogP contribution is 2.13. The number of ether oxygens (including phenoxy) is 1. The zero-order valence-corrected chi connectivity index (χ0v) is 17.0. The molecule has 0 atom stereocenters. The van der Waals surface area contributed by atoms with Crippen LogP contribution in [0.15, 0.2) is 59.5 Å². The van der Waals surface area contributed by atoms with Gasteiger partial charge in [-0.3, -0.25) is 9.59 Å². The van der Waals surface area contributed by atoms with Crippen molar-refractivity contribution in [3.63, 3.8) is 0 Å². The summed E-state index contributed by atoms with van der Waals surface area (Å²) in [7, 11) is -3.69. The Morgan fingerprint density at radius 1 is 0.966 bits per heavy atom. The summed E-state index contributed by atoms with van der Waals surface area (Å²) in [5, 5.41) is 5.23. The number of anilines is 1. The first-order valence-electron chi connectivity index (χ1n) is 9.19. The van der Waals surface area contributed by atoms with E-state index in [0.29, 0.717) is 25.1 Å². The standard InChI is InChI=1S/C20H25N3O5S/c1-16(24)23-17-9-11-19(12-10-17)29(26,27)22-14-13-21-20(25)8-5-15-28-18-6-3-2-4-7-18/h2-4,6-7,9-12,22H,5,8,13-15H2,1H3,(H,21,25)(H,23,24). The monoisotopic (exact) mass is 419 g/mol. The van der Waals surface area contributed by atoms with Gasteiger partial charge in [-0.2, -0.15) is 0 Å². The molecule has 2 amide bonds. The predicted octanol–water partition coefficient (Wildman–Crippen LogP) is 1.90. The summed E-state index contributed by atoms with van der Waals surface area (Å²) in [6, 6.07) is 15.2. The lowest BCUT2D eigenvalue weighted by molar-refractivity contribution is -0.121. The molecule has 0 radical (unpaired) electrons.